The Bertz CT molecular complexity index is 328. The van der Waals surface area contributed by atoms with Gasteiger partial charge in [0.1, 0.15) is 0 Å². The van der Waals surface area contributed by atoms with Crippen molar-refractivity contribution in [1.82, 2.24) is 0 Å². The molecule has 0 saturated heterocycles. The summed E-state index contributed by atoms with van der Waals surface area (Å²) in [5.74, 6) is -3.52. The van der Waals surface area contributed by atoms with Crippen molar-refractivity contribution in [3.8, 4) is 0 Å². The van der Waals surface area contributed by atoms with Gasteiger partial charge in [-0.05, 0) is 9.13 Å². The molecule has 0 aliphatic heterocycles. The molecule has 0 radical (unpaired) electrons. The summed E-state index contributed by atoms with van der Waals surface area (Å²) in [6.07, 6.45) is -3.58. The summed E-state index contributed by atoms with van der Waals surface area (Å²) >= 11 is 0. The van der Waals surface area contributed by atoms with E-state index in [0.29, 0.717) is 0 Å². The largest absolute Gasteiger partial charge is 2.00 e. The van der Waals surface area contributed by atoms with Crippen LogP contribution in [0.15, 0.2) is 0 Å². The SMILES string of the molecule is O=C([O-])C(CO)O[P+](=O)[O-].O=C([O-])C(CO)O[P+](=O)[O-].[Ca+2]. The first kappa shape index (κ1) is 26.1. The molecular formula is C6H8CaO12P2. The number of carboxylic acids is 2. The first-order chi connectivity index (χ1) is 9.15. The van der Waals surface area contributed by atoms with E-state index >= 15 is 0 Å². The van der Waals surface area contributed by atoms with Crippen LogP contribution >= 0.6 is 16.5 Å². The Kier molecular flexibility index (Phi) is 18.7. The molecule has 4 atom stereocenters. The minimum absolute atomic E-state index is 0. The van der Waals surface area contributed by atoms with Gasteiger partial charge in [-0.1, -0.05) is 0 Å². The Balaban J connectivity index is -0.000000295. The standard InChI is InChI=1S/2C3H5O6P.Ca/c2*4-1-2(3(5)6)9-10(7)8;/h2*2,4H,1H2,(H,5,6);/q;;+2/p-2. The fourth-order valence-corrected chi connectivity index (χ4v) is 1.23. The van der Waals surface area contributed by atoms with Crippen LogP contribution in [0.5, 0.6) is 0 Å². The van der Waals surface area contributed by atoms with Crippen molar-refractivity contribution in [1.29, 1.82) is 0 Å². The Morgan fingerprint density at radius 2 is 1.14 bits per heavy atom. The van der Waals surface area contributed by atoms with Crippen molar-refractivity contribution in [3.05, 3.63) is 0 Å². The molecule has 0 amide bonds. The van der Waals surface area contributed by atoms with Crippen molar-refractivity contribution in [2.24, 2.45) is 0 Å². The summed E-state index contributed by atoms with van der Waals surface area (Å²) in [6, 6.07) is 0. The van der Waals surface area contributed by atoms with Crippen LogP contribution in [-0.4, -0.2) is 85.3 Å². The van der Waals surface area contributed by atoms with Gasteiger partial charge in [-0.15, -0.1) is 9.05 Å². The molecule has 0 aromatic carbocycles. The number of aliphatic carboxylic acids is 2. The van der Waals surface area contributed by atoms with E-state index in [4.69, 9.17) is 10.2 Å². The van der Waals surface area contributed by atoms with Crippen LogP contribution in [0.1, 0.15) is 0 Å². The van der Waals surface area contributed by atoms with Gasteiger partial charge in [-0.2, -0.15) is 0 Å². The summed E-state index contributed by atoms with van der Waals surface area (Å²) in [7, 11) is -6.52. The third-order valence-corrected chi connectivity index (χ3v) is 2.14. The van der Waals surface area contributed by atoms with Crippen LogP contribution in [0.4, 0.5) is 0 Å². The van der Waals surface area contributed by atoms with E-state index in [1.165, 1.54) is 0 Å². The third kappa shape index (κ3) is 16.4. The second kappa shape index (κ2) is 15.1. The topological polar surface area (TPSA) is 219 Å². The molecule has 12 nitrogen and oxygen atoms in total. The number of aliphatic hydroxyl groups excluding tert-OH is 2. The van der Waals surface area contributed by atoms with Crippen molar-refractivity contribution in [2.75, 3.05) is 13.2 Å². The first-order valence-electron chi connectivity index (χ1n) is 4.41. The number of hydrogen-bond donors (Lipinski definition) is 2. The molecule has 0 spiro atoms. The third-order valence-electron chi connectivity index (χ3n) is 1.28. The Morgan fingerprint density at radius 1 is 0.905 bits per heavy atom. The van der Waals surface area contributed by atoms with Crippen molar-refractivity contribution in [3.63, 3.8) is 0 Å². The first-order valence-corrected chi connectivity index (χ1v) is 6.60. The van der Waals surface area contributed by atoms with E-state index in [1.54, 1.807) is 0 Å². The molecule has 0 aliphatic carbocycles. The number of aliphatic hydroxyl groups is 2. The van der Waals surface area contributed by atoms with Gasteiger partial charge in [0.05, 0.1) is 25.2 Å². The van der Waals surface area contributed by atoms with Crippen molar-refractivity contribution >= 4 is 66.2 Å². The van der Waals surface area contributed by atoms with Crippen LogP contribution < -0.4 is 20.0 Å². The Hall–Kier alpha value is 0.160. The van der Waals surface area contributed by atoms with Crippen molar-refractivity contribution < 1.29 is 58.0 Å². The molecule has 0 aliphatic rings. The van der Waals surface area contributed by atoms with Gasteiger partial charge < -0.3 is 39.8 Å². The van der Waals surface area contributed by atoms with Gasteiger partial charge in [0.15, 0.2) is 12.2 Å². The van der Waals surface area contributed by atoms with Gasteiger partial charge >= 0.3 is 54.2 Å². The molecule has 0 bridgehead atoms. The molecule has 2 N–H and O–H groups in total. The van der Waals surface area contributed by atoms with E-state index < -0.39 is 53.9 Å². The second-order valence-electron chi connectivity index (χ2n) is 2.64. The minimum Gasteiger partial charge on any atom is -0.566 e. The van der Waals surface area contributed by atoms with Crippen molar-refractivity contribution in [2.45, 2.75) is 12.2 Å². The average molecular weight is 374 g/mol. The number of rotatable bonds is 8. The maximum atomic E-state index is 9.80. The number of hydrogen-bond acceptors (Lipinski definition) is 12. The van der Waals surface area contributed by atoms with E-state index in [0.717, 1.165) is 0 Å². The number of carboxylic acid groups (broad SMARTS) is 2. The molecule has 4 unspecified atom stereocenters. The summed E-state index contributed by atoms with van der Waals surface area (Å²) in [6.45, 7) is -1.85. The maximum absolute atomic E-state index is 9.80. The second-order valence-corrected chi connectivity index (χ2v) is 3.95. The fourth-order valence-electron chi connectivity index (χ4n) is 0.510. The number of carbonyl (C=O) groups is 2. The van der Waals surface area contributed by atoms with E-state index in [-0.39, 0.29) is 37.7 Å². The molecule has 116 valence electrons. The van der Waals surface area contributed by atoms with Gasteiger partial charge in [-0.25, -0.2) is 0 Å². The normalized spacial score (nSPS) is 13.7. The molecule has 0 saturated carbocycles. The smallest absolute Gasteiger partial charge is 0.566 e. The molecular weight excluding hydrogens is 366 g/mol. The van der Waals surface area contributed by atoms with Gasteiger partial charge in [0.25, 0.3) is 0 Å². The van der Waals surface area contributed by atoms with Gasteiger partial charge in [0, 0.05) is 0 Å². The van der Waals surface area contributed by atoms with Crippen LogP contribution in [0.2, 0.25) is 0 Å². The molecule has 21 heavy (non-hydrogen) atoms. The van der Waals surface area contributed by atoms with Crippen LogP contribution in [0.3, 0.4) is 0 Å². The minimum atomic E-state index is -3.26. The summed E-state index contributed by atoms with van der Waals surface area (Å²) in [5, 5.41) is 35.9. The van der Waals surface area contributed by atoms with E-state index in [2.05, 4.69) is 9.05 Å². The predicted molar refractivity (Wildman–Crippen MR) is 54.9 cm³/mol. The van der Waals surface area contributed by atoms with E-state index in [1.807, 2.05) is 0 Å². The summed E-state index contributed by atoms with van der Waals surface area (Å²) in [4.78, 5) is 39.0. The molecule has 0 aromatic heterocycles. The quantitative estimate of drug-likeness (QED) is 0.299. The summed E-state index contributed by atoms with van der Waals surface area (Å²) < 4.78 is 26.8. The van der Waals surface area contributed by atoms with Gasteiger partial charge in [-0.3, -0.25) is 0 Å². The van der Waals surface area contributed by atoms with Crippen LogP contribution in [0.25, 0.3) is 0 Å². The molecule has 0 heterocycles. The average Bonchev–Trinajstić information content (AvgIpc) is 2.32. The zero-order valence-corrected chi connectivity index (χ0v) is 14.1. The Morgan fingerprint density at radius 3 is 1.19 bits per heavy atom. The number of carbonyl (C=O) groups excluding carboxylic acids is 2. The van der Waals surface area contributed by atoms with E-state index in [9.17, 15) is 38.7 Å². The Labute approximate surface area is 149 Å². The monoisotopic (exact) mass is 374 g/mol. The fraction of sp³-hybridized carbons (Fsp3) is 0.667. The predicted octanol–water partition coefficient (Wildman–Crippen LogP) is -6.12. The maximum Gasteiger partial charge on any atom is 2.00 e. The summed E-state index contributed by atoms with van der Waals surface area (Å²) in [5.41, 5.74) is 0. The molecule has 0 rings (SSSR count). The zero-order valence-electron chi connectivity index (χ0n) is 10.1. The van der Waals surface area contributed by atoms with Gasteiger partial charge in [0.2, 0.25) is 0 Å². The molecule has 0 aromatic rings. The van der Waals surface area contributed by atoms with Crippen LogP contribution in [-0.2, 0) is 27.8 Å². The molecule has 0 fully saturated rings. The zero-order chi connectivity index (χ0) is 16.3. The molecule has 15 heteroatoms. The van der Waals surface area contributed by atoms with Crippen LogP contribution in [0, 0.1) is 0 Å².